The van der Waals surface area contributed by atoms with Crippen LogP contribution in [0.2, 0.25) is 0 Å². The Balaban J connectivity index is 1.56. The summed E-state index contributed by atoms with van der Waals surface area (Å²) in [6.07, 6.45) is 1.79. The Morgan fingerprint density at radius 3 is 2.70 bits per heavy atom. The van der Waals surface area contributed by atoms with E-state index in [1.807, 2.05) is 73.0 Å². The molecule has 0 unspecified atom stereocenters. The molecule has 8 heteroatoms. The Morgan fingerprint density at radius 1 is 1.04 bits per heavy atom. The molecular weight excluding hydrogens is 360 g/mol. The van der Waals surface area contributed by atoms with E-state index in [0.29, 0.717) is 5.82 Å². The van der Waals surface area contributed by atoms with Gasteiger partial charge in [-0.15, -0.1) is 10.2 Å². The topological polar surface area (TPSA) is 69.6 Å². The number of aromatic nitrogens is 6. The first-order chi connectivity index (χ1) is 13.2. The molecule has 5 rings (SSSR count). The summed E-state index contributed by atoms with van der Waals surface area (Å²) in [7, 11) is 0. The quantitative estimate of drug-likeness (QED) is 0.475. The maximum atomic E-state index is 5.99. The van der Waals surface area contributed by atoms with Gasteiger partial charge in [-0.05, 0) is 38.1 Å². The van der Waals surface area contributed by atoms with Crippen molar-refractivity contribution < 1.29 is 4.74 Å². The molecule has 0 bridgehead atoms. The Hall–Kier alpha value is -3.26. The number of imidazole rings is 1. The second-order valence-electron chi connectivity index (χ2n) is 6.21. The van der Waals surface area contributed by atoms with Crippen LogP contribution in [-0.4, -0.2) is 29.2 Å². The highest BCUT2D eigenvalue weighted by Gasteiger charge is 2.21. The van der Waals surface area contributed by atoms with E-state index >= 15 is 0 Å². The zero-order valence-electron chi connectivity index (χ0n) is 14.8. The fourth-order valence-corrected chi connectivity index (χ4v) is 3.90. The standard InChI is InChI=1S/C19H16N6OS/c1-12-16(24-11-7-6-10-15(24)20-12)17-21-22-19-25(17)23-18(27-19)13(2)26-14-8-4-3-5-9-14/h3-11,13H,1-2H3/t13-/m0/s1. The molecule has 0 aliphatic rings. The summed E-state index contributed by atoms with van der Waals surface area (Å²) in [6, 6.07) is 15.6. The highest BCUT2D eigenvalue weighted by Crippen LogP contribution is 2.29. The average Bonchev–Trinajstić information content (AvgIpc) is 3.34. The lowest BCUT2D eigenvalue weighted by molar-refractivity contribution is 0.225. The number of benzene rings is 1. The van der Waals surface area contributed by atoms with Crippen molar-refractivity contribution in [1.82, 2.24) is 29.2 Å². The summed E-state index contributed by atoms with van der Waals surface area (Å²) in [5, 5.41) is 14.2. The Kier molecular flexibility index (Phi) is 3.64. The molecule has 5 aromatic rings. The van der Waals surface area contributed by atoms with Gasteiger partial charge < -0.3 is 4.74 Å². The van der Waals surface area contributed by atoms with Crippen LogP contribution in [0.1, 0.15) is 23.7 Å². The SMILES string of the molecule is Cc1nc2ccccn2c1-c1nnc2sc([C@H](C)Oc3ccccc3)nn12. The Morgan fingerprint density at radius 2 is 1.85 bits per heavy atom. The normalized spacial score (nSPS) is 12.7. The molecule has 1 atom stereocenters. The van der Waals surface area contributed by atoms with Gasteiger partial charge in [-0.3, -0.25) is 4.40 Å². The smallest absolute Gasteiger partial charge is 0.235 e. The minimum Gasteiger partial charge on any atom is -0.483 e. The second-order valence-corrected chi connectivity index (χ2v) is 7.19. The highest BCUT2D eigenvalue weighted by atomic mass is 32.1. The van der Waals surface area contributed by atoms with Crippen molar-refractivity contribution in [3.63, 3.8) is 0 Å². The van der Waals surface area contributed by atoms with E-state index in [9.17, 15) is 0 Å². The molecule has 7 nitrogen and oxygen atoms in total. The van der Waals surface area contributed by atoms with Crippen LogP contribution in [0.25, 0.3) is 22.1 Å². The van der Waals surface area contributed by atoms with Crippen LogP contribution in [0.5, 0.6) is 5.75 Å². The fraction of sp³-hybridized carbons (Fsp3) is 0.158. The monoisotopic (exact) mass is 376 g/mol. The zero-order valence-corrected chi connectivity index (χ0v) is 15.6. The van der Waals surface area contributed by atoms with Crippen LogP contribution in [0.3, 0.4) is 0 Å². The number of aryl methyl sites for hydroxylation is 1. The molecule has 0 radical (unpaired) electrons. The average molecular weight is 376 g/mol. The van der Waals surface area contributed by atoms with Gasteiger partial charge in [0.25, 0.3) is 0 Å². The summed E-state index contributed by atoms with van der Waals surface area (Å²) >= 11 is 1.48. The summed E-state index contributed by atoms with van der Waals surface area (Å²) < 4.78 is 9.77. The maximum absolute atomic E-state index is 5.99. The molecule has 4 aromatic heterocycles. The van der Waals surface area contributed by atoms with E-state index in [4.69, 9.17) is 9.84 Å². The van der Waals surface area contributed by atoms with Crippen molar-refractivity contribution >= 4 is 21.9 Å². The largest absolute Gasteiger partial charge is 0.483 e. The molecule has 134 valence electrons. The molecule has 0 amide bonds. The molecule has 0 spiro atoms. The van der Waals surface area contributed by atoms with Gasteiger partial charge in [0.15, 0.2) is 5.01 Å². The van der Waals surface area contributed by atoms with E-state index in [-0.39, 0.29) is 6.10 Å². The number of nitrogens with zero attached hydrogens (tertiary/aromatic N) is 6. The molecule has 27 heavy (non-hydrogen) atoms. The van der Waals surface area contributed by atoms with Gasteiger partial charge in [0.1, 0.15) is 23.2 Å². The summed E-state index contributed by atoms with van der Waals surface area (Å²) in [5.41, 5.74) is 2.66. The Labute approximate surface area is 158 Å². The van der Waals surface area contributed by atoms with Crippen molar-refractivity contribution in [2.45, 2.75) is 20.0 Å². The van der Waals surface area contributed by atoms with Gasteiger partial charge in [0.05, 0.1) is 5.69 Å². The third-order valence-corrected chi connectivity index (χ3v) is 5.39. The number of hydrogen-bond donors (Lipinski definition) is 0. The van der Waals surface area contributed by atoms with E-state index in [2.05, 4.69) is 15.2 Å². The molecule has 0 saturated carbocycles. The lowest BCUT2D eigenvalue weighted by Crippen LogP contribution is -2.04. The molecule has 0 saturated heterocycles. The minimum absolute atomic E-state index is 0.185. The van der Waals surface area contributed by atoms with Crippen molar-refractivity contribution in [2.24, 2.45) is 0 Å². The molecule has 0 aliphatic carbocycles. The molecule has 0 fully saturated rings. The first-order valence-corrected chi connectivity index (χ1v) is 9.40. The molecular formula is C19H16N6OS. The summed E-state index contributed by atoms with van der Waals surface area (Å²) in [6.45, 7) is 3.95. The van der Waals surface area contributed by atoms with E-state index in [1.165, 1.54) is 11.3 Å². The fourth-order valence-electron chi connectivity index (χ4n) is 3.08. The lowest BCUT2D eigenvalue weighted by Gasteiger charge is -2.11. The number of pyridine rings is 1. The predicted molar refractivity (Wildman–Crippen MR) is 103 cm³/mol. The van der Waals surface area contributed by atoms with Crippen LogP contribution in [0.4, 0.5) is 0 Å². The van der Waals surface area contributed by atoms with Crippen LogP contribution in [0, 0.1) is 6.92 Å². The van der Waals surface area contributed by atoms with Gasteiger partial charge in [0, 0.05) is 6.20 Å². The molecule has 0 N–H and O–H groups in total. The number of hydrogen-bond acceptors (Lipinski definition) is 6. The van der Waals surface area contributed by atoms with Crippen LogP contribution < -0.4 is 4.74 Å². The summed E-state index contributed by atoms with van der Waals surface area (Å²) in [4.78, 5) is 5.34. The number of rotatable bonds is 4. The van der Waals surface area contributed by atoms with Crippen molar-refractivity contribution in [2.75, 3.05) is 0 Å². The van der Waals surface area contributed by atoms with Crippen LogP contribution in [0.15, 0.2) is 54.7 Å². The lowest BCUT2D eigenvalue weighted by atomic mass is 10.3. The number of para-hydroxylation sites is 1. The van der Waals surface area contributed by atoms with Gasteiger partial charge in [-0.2, -0.15) is 9.61 Å². The van der Waals surface area contributed by atoms with Gasteiger partial charge in [-0.1, -0.05) is 35.6 Å². The van der Waals surface area contributed by atoms with Crippen molar-refractivity contribution in [3.05, 3.63) is 65.4 Å². The van der Waals surface area contributed by atoms with E-state index < -0.39 is 0 Å². The van der Waals surface area contributed by atoms with Crippen LogP contribution in [-0.2, 0) is 0 Å². The van der Waals surface area contributed by atoms with Gasteiger partial charge in [0.2, 0.25) is 10.8 Å². The predicted octanol–water partition coefficient (Wildman–Crippen LogP) is 3.95. The first-order valence-electron chi connectivity index (χ1n) is 8.58. The van der Waals surface area contributed by atoms with Crippen molar-refractivity contribution in [1.29, 1.82) is 0 Å². The minimum atomic E-state index is -0.185. The second kappa shape index (κ2) is 6.17. The third-order valence-electron chi connectivity index (χ3n) is 4.33. The van der Waals surface area contributed by atoms with Crippen LogP contribution >= 0.6 is 11.3 Å². The Bertz CT molecular complexity index is 1240. The third kappa shape index (κ3) is 2.65. The van der Waals surface area contributed by atoms with Gasteiger partial charge in [-0.25, -0.2) is 4.98 Å². The first kappa shape index (κ1) is 16.0. The zero-order chi connectivity index (χ0) is 18.4. The molecule has 1 aromatic carbocycles. The maximum Gasteiger partial charge on any atom is 0.235 e. The molecule has 0 aliphatic heterocycles. The van der Waals surface area contributed by atoms with Crippen molar-refractivity contribution in [3.8, 4) is 17.3 Å². The number of fused-ring (bicyclic) bond motifs is 2. The summed E-state index contributed by atoms with van der Waals surface area (Å²) in [5.74, 6) is 1.49. The molecule has 4 heterocycles. The van der Waals surface area contributed by atoms with E-state index in [0.717, 1.165) is 32.8 Å². The van der Waals surface area contributed by atoms with E-state index in [1.54, 1.807) is 4.52 Å². The highest BCUT2D eigenvalue weighted by molar-refractivity contribution is 7.16. The number of ether oxygens (including phenoxy) is 1. The van der Waals surface area contributed by atoms with Gasteiger partial charge >= 0.3 is 0 Å².